The van der Waals surface area contributed by atoms with Crippen LogP contribution in [0.15, 0.2) is 41.3 Å². The number of hydrogen-bond acceptors (Lipinski definition) is 4. The molecule has 19 heavy (non-hydrogen) atoms. The minimum absolute atomic E-state index is 0.0157. The predicted molar refractivity (Wildman–Crippen MR) is 70.3 cm³/mol. The molecule has 0 atom stereocenters. The van der Waals surface area contributed by atoms with Crippen LogP contribution in [0.25, 0.3) is 10.8 Å². The van der Waals surface area contributed by atoms with Crippen LogP contribution in [0.5, 0.6) is 5.75 Å². The molecule has 2 aromatic rings. The number of fused-ring (bicyclic) bond motifs is 1. The maximum absolute atomic E-state index is 11.0. The number of phenols is 1. The van der Waals surface area contributed by atoms with E-state index in [-0.39, 0.29) is 16.6 Å². The zero-order valence-corrected chi connectivity index (χ0v) is 10.9. The highest BCUT2D eigenvalue weighted by Gasteiger charge is 2.14. The van der Waals surface area contributed by atoms with Gasteiger partial charge in [-0.3, -0.25) is 9.35 Å². The van der Waals surface area contributed by atoms with Crippen LogP contribution in [0.4, 0.5) is 0 Å². The van der Waals surface area contributed by atoms with E-state index in [4.69, 9.17) is 4.55 Å². The highest BCUT2D eigenvalue weighted by molar-refractivity contribution is 7.86. The number of benzene rings is 2. The fourth-order valence-electron chi connectivity index (χ4n) is 1.48. The van der Waals surface area contributed by atoms with Gasteiger partial charge in [-0.1, -0.05) is 24.3 Å². The summed E-state index contributed by atoms with van der Waals surface area (Å²) in [6, 6.07) is 8.84. The molecule has 0 saturated carbocycles. The normalized spacial score (nSPS) is 10.6. The van der Waals surface area contributed by atoms with Gasteiger partial charge in [0.25, 0.3) is 10.1 Å². The Morgan fingerprint density at radius 1 is 1.11 bits per heavy atom. The molecule has 0 saturated heterocycles. The fourth-order valence-corrected chi connectivity index (χ4v) is 2.18. The average Bonchev–Trinajstić information content (AvgIpc) is 2.27. The molecule has 1 amide bonds. The zero-order valence-electron chi connectivity index (χ0n) is 10.1. The zero-order chi connectivity index (χ0) is 14.6. The third-order valence-electron chi connectivity index (χ3n) is 2.14. The van der Waals surface area contributed by atoms with Crippen LogP contribution in [0, 0.1) is 0 Å². The van der Waals surface area contributed by atoms with E-state index in [1.54, 1.807) is 18.2 Å². The summed E-state index contributed by atoms with van der Waals surface area (Å²) in [6.07, 6.45) is 0. The van der Waals surface area contributed by atoms with Crippen molar-refractivity contribution in [3.05, 3.63) is 36.4 Å². The van der Waals surface area contributed by atoms with Gasteiger partial charge in [0.2, 0.25) is 5.91 Å². The molecule has 0 spiro atoms. The first-order valence-corrected chi connectivity index (χ1v) is 6.61. The Hall–Kier alpha value is -2.12. The first kappa shape index (κ1) is 14.9. The Labute approximate surface area is 110 Å². The Kier molecular flexibility index (Phi) is 4.47. The Morgan fingerprint density at radius 2 is 1.58 bits per heavy atom. The monoisotopic (exact) mass is 283 g/mol. The molecule has 0 aromatic heterocycles. The van der Waals surface area contributed by atoms with Crippen LogP contribution in [0.2, 0.25) is 0 Å². The van der Waals surface area contributed by atoms with Gasteiger partial charge in [-0.25, -0.2) is 0 Å². The molecule has 102 valence electrons. The van der Waals surface area contributed by atoms with E-state index in [2.05, 4.69) is 5.73 Å². The molecule has 0 aliphatic heterocycles. The number of carbonyl (C=O) groups is 1. The minimum atomic E-state index is -4.26. The predicted octanol–water partition coefficient (Wildman–Crippen LogP) is 1.28. The van der Waals surface area contributed by atoms with Crippen LogP contribution in [0.1, 0.15) is 6.92 Å². The summed E-state index contributed by atoms with van der Waals surface area (Å²) < 4.78 is 31.0. The van der Waals surface area contributed by atoms with Gasteiger partial charge in [-0.15, -0.1) is 0 Å². The highest BCUT2D eigenvalue weighted by Crippen LogP contribution is 2.29. The molecule has 0 aliphatic rings. The summed E-state index contributed by atoms with van der Waals surface area (Å²) in [5.74, 6) is -0.349. The Bertz CT molecular complexity index is 705. The van der Waals surface area contributed by atoms with E-state index >= 15 is 0 Å². The van der Waals surface area contributed by atoms with Crippen molar-refractivity contribution in [3.8, 4) is 5.75 Å². The van der Waals surface area contributed by atoms with Crippen LogP contribution in [-0.4, -0.2) is 24.0 Å². The van der Waals surface area contributed by atoms with Crippen molar-refractivity contribution in [3.63, 3.8) is 0 Å². The minimum Gasteiger partial charge on any atom is -0.507 e. The van der Waals surface area contributed by atoms with E-state index in [0.717, 1.165) is 0 Å². The van der Waals surface area contributed by atoms with Crippen LogP contribution < -0.4 is 5.73 Å². The van der Waals surface area contributed by atoms with Crippen molar-refractivity contribution in [1.29, 1.82) is 0 Å². The molecule has 0 heterocycles. The van der Waals surface area contributed by atoms with Gasteiger partial charge >= 0.3 is 0 Å². The molecule has 6 nitrogen and oxygen atoms in total. The summed E-state index contributed by atoms with van der Waals surface area (Å²) in [5, 5.41) is 10.2. The quantitative estimate of drug-likeness (QED) is 0.681. The lowest BCUT2D eigenvalue weighted by atomic mass is 10.1. The molecule has 4 N–H and O–H groups in total. The summed E-state index contributed by atoms with van der Waals surface area (Å²) in [5.41, 5.74) is 4.47. The van der Waals surface area contributed by atoms with Crippen molar-refractivity contribution in [2.45, 2.75) is 11.8 Å². The lowest BCUT2D eigenvalue weighted by molar-refractivity contribution is -0.115. The molecule has 0 radical (unpaired) electrons. The van der Waals surface area contributed by atoms with Crippen molar-refractivity contribution in [2.75, 3.05) is 0 Å². The number of aromatic hydroxyl groups is 1. The van der Waals surface area contributed by atoms with Crippen molar-refractivity contribution in [1.82, 2.24) is 0 Å². The summed E-state index contributed by atoms with van der Waals surface area (Å²) >= 11 is 0. The standard InChI is InChI=1S/C10H8O4S.C2H5NO/c11-9-5-6-10(15(12,13)14)8-4-2-1-3-7(8)9;1-2(3)4/h1-6,11H,(H,12,13,14);1H3,(H2,3,4). The van der Waals surface area contributed by atoms with Gasteiger partial charge in [-0.05, 0) is 12.1 Å². The second-order valence-electron chi connectivity index (χ2n) is 3.71. The molecular weight excluding hydrogens is 270 g/mol. The van der Waals surface area contributed by atoms with E-state index < -0.39 is 10.1 Å². The van der Waals surface area contributed by atoms with E-state index in [1.165, 1.54) is 25.1 Å². The molecule has 0 unspecified atom stereocenters. The first-order chi connectivity index (χ1) is 8.73. The lowest BCUT2D eigenvalue weighted by Gasteiger charge is -2.04. The van der Waals surface area contributed by atoms with Gasteiger partial charge in [0.05, 0.1) is 0 Å². The van der Waals surface area contributed by atoms with Crippen LogP contribution >= 0.6 is 0 Å². The number of hydrogen-bond donors (Lipinski definition) is 3. The average molecular weight is 283 g/mol. The van der Waals surface area contributed by atoms with E-state index in [1.807, 2.05) is 0 Å². The number of primary amides is 1. The van der Waals surface area contributed by atoms with Gasteiger partial charge in [0.15, 0.2) is 0 Å². The SMILES string of the molecule is CC(N)=O.O=S(=O)(O)c1ccc(O)c2ccccc12. The van der Waals surface area contributed by atoms with E-state index in [0.29, 0.717) is 10.8 Å². The van der Waals surface area contributed by atoms with Gasteiger partial charge < -0.3 is 10.8 Å². The van der Waals surface area contributed by atoms with Crippen molar-refractivity contribution < 1.29 is 22.9 Å². The van der Waals surface area contributed by atoms with E-state index in [9.17, 15) is 18.3 Å². The Morgan fingerprint density at radius 3 is 2.05 bits per heavy atom. The number of nitrogens with two attached hydrogens (primary N) is 1. The second kappa shape index (κ2) is 5.68. The van der Waals surface area contributed by atoms with Gasteiger partial charge in [0.1, 0.15) is 10.6 Å². The first-order valence-electron chi connectivity index (χ1n) is 5.17. The third-order valence-corrected chi connectivity index (χ3v) is 3.05. The molecule has 2 aromatic carbocycles. The van der Waals surface area contributed by atoms with Crippen LogP contribution in [-0.2, 0) is 14.9 Å². The second-order valence-corrected chi connectivity index (χ2v) is 5.10. The number of rotatable bonds is 1. The molecular formula is C12H13NO5S. The molecule has 0 fully saturated rings. The van der Waals surface area contributed by atoms with Crippen LogP contribution in [0.3, 0.4) is 0 Å². The fraction of sp³-hybridized carbons (Fsp3) is 0.0833. The molecule has 0 bridgehead atoms. The van der Waals surface area contributed by atoms with Crippen molar-refractivity contribution >= 4 is 26.8 Å². The lowest BCUT2D eigenvalue weighted by Crippen LogP contribution is -2.01. The maximum Gasteiger partial charge on any atom is 0.295 e. The van der Waals surface area contributed by atoms with Crippen molar-refractivity contribution in [2.24, 2.45) is 5.73 Å². The summed E-state index contributed by atoms with van der Waals surface area (Å²) in [4.78, 5) is 9.02. The van der Waals surface area contributed by atoms with Gasteiger partial charge in [-0.2, -0.15) is 8.42 Å². The smallest absolute Gasteiger partial charge is 0.295 e. The number of carbonyl (C=O) groups excluding carboxylic acids is 1. The summed E-state index contributed by atoms with van der Waals surface area (Å²) in [7, 11) is -4.26. The van der Waals surface area contributed by atoms with Gasteiger partial charge in [0, 0.05) is 17.7 Å². The maximum atomic E-state index is 11.0. The number of amides is 1. The summed E-state index contributed by atoms with van der Waals surface area (Å²) in [6.45, 7) is 1.31. The Balaban J connectivity index is 0.000000399. The topological polar surface area (TPSA) is 118 Å². The third kappa shape index (κ3) is 3.94. The molecule has 2 rings (SSSR count). The molecule has 0 aliphatic carbocycles. The number of phenolic OH excluding ortho intramolecular Hbond substituents is 1. The molecule has 7 heteroatoms. The largest absolute Gasteiger partial charge is 0.507 e. The highest BCUT2D eigenvalue weighted by atomic mass is 32.2.